The molecule has 0 spiro atoms. The van der Waals surface area contributed by atoms with E-state index in [4.69, 9.17) is 11.6 Å². The number of amides is 1. The number of aromatic nitrogens is 3. The first kappa shape index (κ1) is 29.0. The standard InChI is InChI=1S/C28H34ClF3N4O3/c1-26(2,3)16-35(13-10-17-14-33-21-7-5-6-20(29)22(17)21)24(37)19-15-34-36(23(19)28(30,31)32)18-8-11-27(4,12-9-18)25(38)39/h5-7,14-15,18,33H,8-13,16H2,1-4H3,(H,38,39)/t18-,27-. The van der Waals surface area contributed by atoms with Crippen LogP contribution in [0.2, 0.25) is 5.02 Å². The summed E-state index contributed by atoms with van der Waals surface area (Å²) in [5.74, 6) is -1.69. The van der Waals surface area contributed by atoms with Crippen LogP contribution in [0, 0.1) is 10.8 Å². The summed E-state index contributed by atoms with van der Waals surface area (Å²) in [6.45, 7) is 7.81. The zero-order valence-corrected chi connectivity index (χ0v) is 23.3. The average Bonchev–Trinajstić information content (AvgIpc) is 3.46. The molecule has 1 amide bonds. The van der Waals surface area contributed by atoms with Gasteiger partial charge in [-0.15, -0.1) is 0 Å². The Labute approximate surface area is 230 Å². The largest absolute Gasteiger partial charge is 0.481 e. The molecular weight excluding hydrogens is 533 g/mol. The third-order valence-electron chi connectivity index (χ3n) is 7.56. The topological polar surface area (TPSA) is 91.2 Å². The number of halogens is 4. The van der Waals surface area contributed by atoms with Gasteiger partial charge >= 0.3 is 12.1 Å². The molecule has 0 unspecified atom stereocenters. The Morgan fingerprint density at radius 1 is 1.23 bits per heavy atom. The molecule has 1 aromatic carbocycles. The van der Waals surface area contributed by atoms with E-state index in [0.29, 0.717) is 11.4 Å². The number of carbonyl (C=O) groups excluding carboxylic acids is 1. The molecular formula is C28H34ClF3N4O3. The molecule has 212 valence electrons. The Morgan fingerprint density at radius 2 is 1.90 bits per heavy atom. The van der Waals surface area contributed by atoms with Crippen molar-refractivity contribution in [3.63, 3.8) is 0 Å². The van der Waals surface area contributed by atoms with E-state index in [1.54, 1.807) is 13.0 Å². The number of aliphatic carboxylic acids is 1. The van der Waals surface area contributed by atoms with Gasteiger partial charge < -0.3 is 15.0 Å². The smallest absolute Gasteiger partial charge is 0.433 e. The Balaban J connectivity index is 1.64. The lowest BCUT2D eigenvalue weighted by atomic mass is 9.74. The third kappa shape index (κ3) is 6.10. The molecule has 0 atom stereocenters. The predicted octanol–water partition coefficient (Wildman–Crippen LogP) is 6.97. The fraction of sp³-hybridized carbons (Fsp3) is 0.536. The first-order valence-corrected chi connectivity index (χ1v) is 13.4. The summed E-state index contributed by atoms with van der Waals surface area (Å²) in [7, 11) is 0. The number of aromatic amines is 1. The van der Waals surface area contributed by atoms with Gasteiger partial charge in [0.05, 0.1) is 28.2 Å². The van der Waals surface area contributed by atoms with Crippen molar-refractivity contribution in [1.82, 2.24) is 19.7 Å². The summed E-state index contributed by atoms with van der Waals surface area (Å²) >= 11 is 6.40. The summed E-state index contributed by atoms with van der Waals surface area (Å²) in [4.78, 5) is 29.9. The molecule has 1 aliphatic rings. The van der Waals surface area contributed by atoms with Gasteiger partial charge in [-0.3, -0.25) is 14.3 Å². The van der Waals surface area contributed by atoms with Crippen molar-refractivity contribution in [3.8, 4) is 0 Å². The van der Waals surface area contributed by atoms with Crippen molar-refractivity contribution in [1.29, 1.82) is 0 Å². The maximum atomic E-state index is 14.4. The van der Waals surface area contributed by atoms with Crippen LogP contribution >= 0.6 is 11.6 Å². The van der Waals surface area contributed by atoms with Gasteiger partial charge in [0.2, 0.25) is 0 Å². The van der Waals surface area contributed by atoms with E-state index in [1.165, 1.54) is 4.90 Å². The van der Waals surface area contributed by atoms with E-state index >= 15 is 0 Å². The fourth-order valence-corrected chi connectivity index (χ4v) is 5.73. The predicted molar refractivity (Wildman–Crippen MR) is 143 cm³/mol. The van der Waals surface area contributed by atoms with E-state index in [1.807, 2.05) is 39.1 Å². The summed E-state index contributed by atoms with van der Waals surface area (Å²) in [6.07, 6.45) is -0.669. The number of carboxylic acid groups (broad SMARTS) is 1. The molecule has 39 heavy (non-hydrogen) atoms. The highest BCUT2D eigenvalue weighted by Gasteiger charge is 2.45. The number of fused-ring (bicyclic) bond motifs is 1. The minimum atomic E-state index is -4.81. The molecule has 0 aliphatic heterocycles. The number of nitrogens with zero attached hydrogens (tertiary/aromatic N) is 3. The number of H-pyrrole nitrogens is 1. The second-order valence-electron chi connectivity index (χ2n) is 12.0. The number of carbonyl (C=O) groups is 2. The van der Waals surface area contributed by atoms with Crippen LogP contribution in [0.5, 0.6) is 0 Å². The molecule has 0 saturated heterocycles. The summed E-state index contributed by atoms with van der Waals surface area (Å²) in [5, 5.41) is 14.9. The summed E-state index contributed by atoms with van der Waals surface area (Å²) in [5.41, 5.74) is -1.20. The molecule has 0 bridgehead atoms. The number of rotatable bonds is 7. The normalized spacial score (nSPS) is 20.4. The molecule has 7 nitrogen and oxygen atoms in total. The lowest BCUT2D eigenvalue weighted by Crippen LogP contribution is -2.40. The Kier molecular flexibility index (Phi) is 7.82. The number of benzene rings is 1. The highest BCUT2D eigenvalue weighted by Crippen LogP contribution is 2.43. The molecule has 2 heterocycles. The SMILES string of the molecule is CC(C)(C)CN(CCc1c[nH]c2cccc(Cl)c12)C(=O)c1cnn([C@H]2CC[C@](C)(C(=O)O)CC2)c1C(F)(F)F. The van der Waals surface area contributed by atoms with Gasteiger partial charge in [-0.25, -0.2) is 0 Å². The van der Waals surface area contributed by atoms with Crippen LogP contribution in [-0.2, 0) is 17.4 Å². The number of nitrogens with one attached hydrogen (secondary N) is 1. The zero-order chi connectivity index (χ0) is 28.8. The van der Waals surface area contributed by atoms with Crippen molar-refractivity contribution in [2.45, 2.75) is 72.0 Å². The van der Waals surface area contributed by atoms with Gasteiger partial charge in [-0.2, -0.15) is 18.3 Å². The second kappa shape index (κ2) is 10.5. The molecule has 1 fully saturated rings. The second-order valence-corrected chi connectivity index (χ2v) is 12.4. The Morgan fingerprint density at radius 3 is 2.49 bits per heavy atom. The maximum Gasteiger partial charge on any atom is 0.433 e. The molecule has 1 saturated carbocycles. The van der Waals surface area contributed by atoms with Gasteiger partial charge in [0.25, 0.3) is 5.91 Å². The Bertz CT molecular complexity index is 1360. The highest BCUT2D eigenvalue weighted by molar-refractivity contribution is 6.35. The summed E-state index contributed by atoms with van der Waals surface area (Å²) in [6, 6.07) is 4.84. The molecule has 11 heteroatoms. The lowest BCUT2D eigenvalue weighted by molar-refractivity contribution is -0.152. The first-order valence-electron chi connectivity index (χ1n) is 13.0. The minimum Gasteiger partial charge on any atom is -0.481 e. The maximum absolute atomic E-state index is 14.4. The third-order valence-corrected chi connectivity index (χ3v) is 7.87. The summed E-state index contributed by atoms with van der Waals surface area (Å²) < 4.78 is 44.2. The quantitative estimate of drug-likeness (QED) is 0.323. The van der Waals surface area contributed by atoms with E-state index in [9.17, 15) is 27.9 Å². The van der Waals surface area contributed by atoms with Crippen LogP contribution < -0.4 is 0 Å². The van der Waals surface area contributed by atoms with E-state index in [2.05, 4.69) is 10.1 Å². The van der Waals surface area contributed by atoms with E-state index in [-0.39, 0.29) is 44.2 Å². The van der Waals surface area contributed by atoms with Crippen LogP contribution in [-0.4, -0.2) is 49.7 Å². The van der Waals surface area contributed by atoms with Crippen LogP contribution in [0.15, 0.2) is 30.6 Å². The van der Waals surface area contributed by atoms with Crippen LogP contribution in [0.3, 0.4) is 0 Å². The Hall–Kier alpha value is -3.01. The molecule has 2 aromatic heterocycles. The number of carboxylic acids is 1. The number of alkyl halides is 3. The molecule has 1 aliphatic carbocycles. The monoisotopic (exact) mass is 566 g/mol. The van der Waals surface area contributed by atoms with Crippen molar-refractivity contribution >= 4 is 34.4 Å². The number of hydrogen-bond acceptors (Lipinski definition) is 3. The fourth-order valence-electron chi connectivity index (χ4n) is 5.43. The first-order chi connectivity index (χ1) is 18.1. The lowest BCUT2D eigenvalue weighted by Gasteiger charge is -2.34. The van der Waals surface area contributed by atoms with Gasteiger partial charge in [0.1, 0.15) is 0 Å². The van der Waals surface area contributed by atoms with Crippen molar-refractivity contribution in [2.24, 2.45) is 10.8 Å². The minimum absolute atomic E-state index is 0.192. The molecule has 3 aromatic rings. The number of hydrogen-bond donors (Lipinski definition) is 2. The molecule has 0 radical (unpaired) electrons. The van der Waals surface area contributed by atoms with Gasteiger partial charge in [-0.05, 0) is 62.1 Å². The van der Waals surface area contributed by atoms with Gasteiger partial charge in [0.15, 0.2) is 5.69 Å². The average molecular weight is 567 g/mol. The van der Waals surface area contributed by atoms with Crippen molar-refractivity contribution < 1.29 is 27.9 Å². The highest BCUT2D eigenvalue weighted by atomic mass is 35.5. The van der Waals surface area contributed by atoms with Crippen LogP contribution in [0.25, 0.3) is 10.9 Å². The molecule has 4 rings (SSSR count). The van der Waals surface area contributed by atoms with Gasteiger partial charge in [0, 0.05) is 30.2 Å². The van der Waals surface area contributed by atoms with Gasteiger partial charge in [-0.1, -0.05) is 38.4 Å². The van der Waals surface area contributed by atoms with Crippen molar-refractivity contribution in [2.75, 3.05) is 13.1 Å². The van der Waals surface area contributed by atoms with Crippen LogP contribution in [0.4, 0.5) is 13.2 Å². The van der Waals surface area contributed by atoms with Crippen molar-refractivity contribution in [3.05, 3.63) is 52.4 Å². The molecule has 2 N–H and O–H groups in total. The van der Waals surface area contributed by atoms with E-state index < -0.39 is 40.8 Å². The zero-order valence-electron chi connectivity index (χ0n) is 22.5. The van der Waals surface area contributed by atoms with Crippen LogP contribution in [0.1, 0.15) is 81.0 Å². The van der Waals surface area contributed by atoms with E-state index in [0.717, 1.165) is 27.3 Å².